The van der Waals surface area contributed by atoms with E-state index in [2.05, 4.69) is 37.9 Å². The predicted octanol–water partition coefficient (Wildman–Crippen LogP) is 2.59. The van der Waals surface area contributed by atoms with E-state index in [1.807, 2.05) is 0 Å². The number of rotatable bonds is 6. The number of hydrogen-bond acceptors (Lipinski definition) is 3. The number of aliphatic hydroxyl groups is 1. The van der Waals surface area contributed by atoms with Crippen LogP contribution in [-0.4, -0.2) is 61.3 Å². The van der Waals surface area contributed by atoms with E-state index < -0.39 is 0 Å². The van der Waals surface area contributed by atoms with E-state index in [0.29, 0.717) is 12.1 Å². The van der Waals surface area contributed by atoms with Crippen LogP contribution in [0.25, 0.3) is 0 Å². The maximum atomic E-state index is 9.92. The fraction of sp³-hybridized carbons (Fsp3) is 1.00. The molecule has 1 N–H and O–H groups in total. The lowest BCUT2D eigenvalue weighted by atomic mass is 9.70. The van der Waals surface area contributed by atoms with Crippen LogP contribution in [0.15, 0.2) is 0 Å². The molecule has 0 saturated heterocycles. The normalized spacial score (nSPS) is 33.5. The number of nitrogens with zero attached hydrogens (tertiary/aromatic N) is 2. The van der Waals surface area contributed by atoms with Gasteiger partial charge in [-0.1, -0.05) is 19.8 Å². The molecule has 2 rings (SSSR count). The van der Waals surface area contributed by atoms with Crippen LogP contribution >= 0.6 is 0 Å². The first-order chi connectivity index (χ1) is 9.41. The van der Waals surface area contributed by atoms with Crippen molar-refractivity contribution < 1.29 is 5.11 Å². The predicted molar refractivity (Wildman–Crippen MR) is 84.9 cm³/mol. The Labute approximate surface area is 125 Å². The van der Waals surface area contributed by atoms with Crippen molar-refractivity contribution in [2.45, 2.75) is 57.4 Å². The van der Waals surface area contributed by atoms with Crippen molar-refractivity contribution in [3.05, 3.63) is 0 Å². The lowest BCUT2D eigenvalue weighted by Crippen LogP contribution is -2.58. The van der Waals surface area contributed by atoms with Crippen LogP contribution in [0.4, 0.5) is 0 Å². The number of likely N-dealkylation sites (N-methyl/N-ethyl adjacent to an activating group) is 2. The Morgan fingerprint density at radius 2 is 1.60 bits per heavy atom. The van der Waals surface area contributed by atoms with Gasteiger partial charge in [-0.15, -0.1) is 0 Å². The third-order valence-corrected chi connectivity index (χ3v) is 6.07. The summed E-state index contributed by atoms with van der Waals surface area (Å²) in [7, 11) is 6.69. The molecule has 2 aliphatic rings. The average molecular weight is 282 g/mol. The molecule has 0 unspecified atom stereocenters. The molecular weight excluding hydrogens is 248 g/mol. The molecule has 2 aliphatic carbocycles. The molecule has 0 aromatic rings. The van der Waals surface area contributed by atoms with Gasteiger partial charge in [0.1, 0.15) is 0 Å². The maximum Gasteiger partial charge on any atom is 0.0499 e. The van der Waals surface area contributed by atoms with Crippen molar-refractivity contribution in [1.82, 2.24) is 9.80 Å². The first kappa shape index (κ1) is 16.3. The highest BCUT2D eigenvalue weighted by molar-refractivity contribution is 4.99. The third kappa shape index (κ3) is 3.37. The lowest BCUT2D eigenvalue weighted by molar-refractivity contribution is -0.00819. The molecule has 2 saturated carbocycles. The van der Waals surface area contributed by atoms with Crippen molar-refractivity contribution in [2.75, 3.05) is 40.8 Å². The Bertz CT molecular complexity index is 304. The van der Waals surface area contributed by atoms with E-state index in [9.17, 15) is 5.11 Å². The summed E-state index contributed by atoms with van der Waals surface area (Å²) in [6, 6.07) is 0. The van der Waals surface area contributed by atoms with Gasteiger partial charge in [0, 0.05) is 30.7 Å². The molecule has 0 bridgehead atoms. The molecule has 0 amide bonds. The standard InChI is InChI=1S/C17H34N2O/c1-15-6-10-16(14-20,11-7-15)12-19(4)13-17(18(2)3)8-5-9-17/h15,20H,5-14H2,1-4H3. The van der Waals surface area contributed by atoms with E-state index in [-0.39, 0.29) is 5.41 Å². The third-order valence-electron chi connectivity index (χ3n) is 6.07. The van der Waals surface area contributed by atoms with Gasteiger partial charge in [-0.3, -0.25) is 0 Å². The van der Waals surface area contributed by atoms with Gasteiger partial charge in [0.05, 0.1) is 0 Å². The highest BCUT2D eigenvalue weighted by Gasteiger charge is 2.41. The van der Waals surface area contributed by atoms with Gasteiger partial charge in [0.15, 0.2) is 0 Å². The molecule has 0 atom stereocenters. The van der Waals surface area contributed by atoms with E-state index in [0.717, 1.165) is 19.0 Å². The zero-order chi connectivity index (χ0) is 14.8. The van der Waals surface area contributed by atoms with Crippen LogP contribution in [0.1, 0.15) is 51.9 Å². The zero-order valence-electron chi connectivity index (χ0n) is 14.0. The molecule has 2 fully saturated rings. The summed E-state index contributed by atoms with van der Waals surface area (Å²) in [5.41, 5.74) is 0.561. The van der Waals surface area contributed by atoms with Gasteiger partial charge >= 0.3 is 0 Å². The van der Waals surface area contributed by atoms with Gasteiger partial charge in [-0.25, -0.2) is 0 Å². The van der Waals surface area contributed by atoms with E-state index in [1.165, 1.54) is 44.9 Å². The largest absolute Gasteiger partial charge is 0.396 e. The van der Waals surface area contributed by atoms with Crippen molar-refractivity contribution in [2.24, 2.45) is 11.3 Å². The lowest BCUT2D eigenvalue weighted by Gasteiger charge is -2.51. The Morgan fingerprint density at radius 3 is 2.00 bits per heavy atom. The zero-order valence-corrected chi connectivity index (χ0v) is 14.0. The summed E-state index contributed by atoms with van der Waals surface area (Å²) in [4.78, 5) is 4.91. The second-order valence-corrected chi connectivity index (χ2v) is 7.99. The molecule has 118 valence electrons. The van der Waals surface area contributed by atoms with Gasteiger partial charge < -0.3 is 14.9 Å². The molecule has 0 heterocycles. The van der Waals surface area contributed by atoms with Crippen LogP contribution in [0.5, 0.6) is 0 Å². The van der Waals surface area contributed by atoms with Gasteiger partial charge in [-0.2, -0.15) is 0 Å². The van der Waals surface area contributed by atoms with Gasteiger partial charge in [-0.05, 0) is 59.2 Å². The van der Waals surface area contributed by atoms with E-state index >= 15 is 0 Å². The first-order valence-corrected chi connectivity index (χ1v) is 8.38. The van der Waals surface area contributed by atoms with Crippen LogP contribution in [0.2, 0.25) is 0 Å². The fourth-order valence-electron chi connectivity index (χ4n) is 4.20. The first-order valence-electron chi connectivity index (χ1n) is 8.38. The quantitative estimate of drug-likeness (QED) is 0.811. The molecule has 0 radical (unpaired) electrons. The topological polar surface area (TPSA) is 26.7 Å². The minimum atomic E-state index is 0.165. The van der Waals surface area contributed by atoms with Crippen molar-refractivity contribution in [1.29, 1.82) is 0 Å². The van der Waals surface area contributed by atoms with Gasteiger partial charge in [0.2, 0.25) is 0 Å². The van der Waals surface area contributed by atoms with Crippen LogP contribution in [-0.2, 0) is 0 Å². The molecule has 0 aromatic heterocycles. The minimum absolute atomic E-state index is 0.165. The highest BCUT2D eigenvalue weighted by atomic mass is 16.3. The molecule has 0 aliphatic heterocycles. The summed E-state index contributed by atoms with van der Waals surface area (Å²) < 4.78 is 0. The molecule has 0 aromatic carbocycles. The molecular formula is C17H34N2O. The molecule has 3 heteroatoms. The summed E-state index contributed by atoms with van der Waals surface area (Å²) in [5, 5.41) is 9.92. The van der Waals surface area contributed by atoms with Gasteiger partial charge in [0.25, 0.3) is 0 Å². The van der Waals surface area contributed by atoms with E-state index in [1.54, 1.807) is 0 Å². The number of aliphatic hydroxyl groups excluding tert-OH is 1. The Kier molecular flexibility index (Phi) is 5.14. The Hall–Kier alpha value is -0.120. The average Bonchev–Trinajstić information content (AvgIpc) is 2.36. The molecule has 0 spiro atoms. The SMILES string of the molecule is CC1CCC(CO)(CN(C)CC2(N(C)C)CCC2)CC1. The maximum absolute atomic E-state index is 9.92. The minimum Gasteiger partial charge on any atom is -0.396 e. The monoisotopic (exact) mass is 282 g/mol. The van der Waals surface area contributed by atoms with Crippen LogP contribution in [0, 0.1) is 11.3 Å². The summed E-state index contributed by atoms with van der Waals surface area (Å²) in [5.74, 6) is 0.847. The molecule has 3 nitrogen and oxygen atoms in total. The smallest absolute Gasteiger partial charge is 0.0499 e. The summed E-state index contributed by atoms with van der Waals surface area (Å²) in [6.45, 7) is 4.92. The number of hydrogen-bond donors (Lipinski definition) is 1. The fourth-order valence-corrected chi connectivity index (χ4v) is 4.20. The van der Waals surface area contributed by atoms with Crippen molar-refractivity contribution in [3.63, 3.8) is 0 Å². The summed E-state index contributed by atoms with van der Waals surface area (Å²) >= 11 is 0. The van der Waals surface area contributed by atoms with E-state index in [4.69, 9.17) is 0 Å². The van der Waals surface area contributed by atoms with Crippen LogP contribution in [0.3, 0.4) is 0 Å². The summed E-state index contributed by atoms with van der Waals surface area (Å²) in [6.07, 6.45) is 8.99. The van der Waals surface area contributed by atoms with Crippen molar-refractivity contribution in [3.8, 4) is 0 Å². The van der Waals surface area contributed by atoms with Crippen LogP contribution < -0.4 is 0 Å². The second-order valence-electron chi connectivity index (χ2n) is 7.99. The Morgan fingerprint density at radius 1 is 1.00 bits per heavy atom. The van der Waals surface area contributed by atoms with Crippen molar-refractivity contribution >= 4 is 0 Å². The second kappa shape index (κ2) is 6.33. The molecule has 20 heavy (non-hydrogen) atoms. The Balaban J connectivity index is 1.91. The highest BCUT2D eigenvalue weighted by Crippen LogP contribution is 2.41.